The molecular weight excluding hydrogens is 326 g/mol. The third-order valence-electron chi connectivity index (χ3n) is 3.44. The van der Waals surface area contributed by atoms with Crippen LogP contribution in [0.3, 0.4) is 0 Å². The van der Waals surface area contributed by atoms with Gasteiger partial charge in [0.05, 0.1) is 0 Å². The van der Waals surface area contributed by atoms with Gasteiger partial charge in [-0.25, -0.2) is 0 Å². The molecule has 1 aromatic heterocycles. The zero-order valence-electron chi connectivity index (χ0n) is 13.1. The number of amides is 1. The molecule has 122 valence electrons. The fraction of sp³-hybridized carbons (Fsp3) is 0.167. The molecule has 0 unspecified atom stereocenters. The van der Waals surface area contributed by atoms with Crippen LogP contribution in [-0.2, 0) is 11.2 Å². The lowest BCUT2D eigenvalue weighted by Crippen LogP contribution is -2.12. The number of aromatic nitrogens is 2. The van der Waals surface area contributed by atoms with Gasteiger partial charge in [0, 0.05) is 29.1 Å². The van der Waals surface area contributed by atoms with Gasteiger partial charge in [-0.1, -0.05) is 28.9 Å². The fourth-order valence-corrected chi connectivity index (χ4v) is 2.37. The van der Waals surface area contributed by atoms with Gasteiger partial charge in [0.15, 0.2) is 0 Å². The van der Waals surface area contributed by atoms with Crippen LogP contribution in [0.15, 0.2) is 53.1 Å². The third kappa shape index (κ3) is 4.20. The molecule has 2 aromatic carbocycles. The van der Waals surface area contributed by atoms with Gasteiger partial charge in [-0.2, -0.15) is 4.98 Å². The summed E-state index contributed by atoms with van der Waals surface area (Å²) in [5.74, 6) is 0.826. The molecule has 0 atom stereocenters. The number of halogens is 1. The minimum atomic E-state index is -0.0909. The van der Waals surface area contributed by atoms with Crippen molar-refractivity contribution in [1.82, 2.24) is 10.1 Å². The lowest BCUT2D eigenvalue weighted by atomic mass is 10.2. The van der Waals surface area contributed by atoms with Crippen molar-refractivity contribution < 1.29 is 9.32 Å². The zero-order chi connectivity index (χ0) is 16.9. The largest absolute Gasteiger partial charge is 0.339 e. The molecule has 0 bridgehead atoms. The van der Waals surface area contributed by atoms with Crippen LogP contribution in [0.2, 0.25) is 5.02 Å². The Morgan fingerprint density at radius 3 is 2.75 bits per heavy atom. The van der Waals surface area contributed by atoms with Crippen molar-refractivity contribution in [3.8, 4) is 11.4 Å². The average Bonchev–Trinajstić information content (AvgIpc) is 3.03. The summed E-state index contributed by atoms with van der Waals surface area (Å²) >= 11 is 5.86. The molecule has 3 rings (SSSR count). The summed E-state index contributed by atoms with van der Waals surface area (Å²) < 4.78 is 5.19. The Bertz CT molecular complexity index is 843. The Kier molecular flexibility index (Phi) is 4.91. The molecule has 1 N–H and O–H groups in total. The summed E-state index contributed by atoms with van der Waals surface area (Å²) in [4.78, 5) is 16.3. The molecule has 5 nitrogen and oxygen atoms in total. The standard InChI is InChI=1S/C18H16ClN3O2/c1-12-3-2-4-15(11-12)20-16(23)9-10-17-21-18(22-24-17)13-5-7-14(19)8-6-13/h2-8,11H,9-10H2,1H3,(H,20,23). The highest BCUT2D eigenvalue weighted by atomic mass is 35.5. The van der Waals surface area contributed by atoms with Crippen molar-refractivity contribution >= 4 is 23.2 Å². The van der Waals surface area contributed by atoms with Crippen LogP contribution in [0.4, 0.5) is 5.69 Å². The molecule has 3 aromatic rings. The first-order valence-electron chi connectivity index (χ1n) is 7.55. The van der Waals surface area contributed by atoms with E-state index in [0.29, 0.717) is 23.2 Å². The average molecular weight is 342 g/mol. The molecule has 0 saturated heterocycles. The Labute approximate surface area is 144 Å². The molecular formula is C18H16ClN3O2. The zero-order valence-corrected chi connectivity index (χ0v) is 13.9. The molecule has 0 saturated carbocycles. The molecule has 0 aliphatic heterocycles. The summed E-state index contributed by atoms with van der Waals surface area (Å²) in [5, 5.41) is 7.43. The topological polar surface area (TPSA) is 68.0 Å². The minimum Gasteiger partial charge on any atom is -0.339 e. The Morgan fingerprint density at radius 2 is 2.00 bits per heavy atom. The van der Waals surface area contributed by atoms with E-state index >= 15 is 0 Å². The normalized spacial score (nSPS) is 10.6. The second-order valence-corrected chi connectivity index (χ2v) is 5.87. The van der Waals surface area contributed by atoms with Crippen LogP contribution >= 0.6 is 11.6 Å². The number of benzene rings is 2. The van der Waals surface area contributed by atoms with Crippen LogP contribution in [0.5, 0.6) is 0 Å². The lowest BCUT2D eigenvalue weighted by molar-refractivity contribution is -0.116. The van der Waals surface area contributed by atoms with E-state index in [1.165, 1.54) is 0 Å². The molecule has 6 heteroatoms. The highest BCUT2D eigenvalue weighted by Gasteiger charge is 2.11. The first-order chi connectivity index (χ1) is 11.6. The second-order valence-electron chi connectivity index (χ2n) is 5.44. The van der Waals surface area contributed by atoms with Gasteiger partial charge in [-0.15, -0.1) is 0 Å². The maximum atomic E-state index is 12.0. The van der Waals surface area contributed by atoms with E-state index in [-0.39, 0.29) is 12.3 Å². The summed E-state index contributed by atoms with van der Waals surface area (Å²) in [5.41, 5.74) is 2.70. The minimum absolute atomic E-state index is 0.0909. The Morgan fingerprint density at radius 1 is 1.21 bits per heavy atom. The number of anilines is 1. The molecule has 0 aliphatic carbocycles. The quantitative estimate of drug-likeness (QED) is 0.752. The maximum absolute atomic E-state index is 12.0. The number of rotatable bonds is 5. The van der Waals surface area contributed by atoms with Crippen LogP contribution in [0, 0.1) is 6.92 Å². The Hall–Kier alpha value is -2.66. The highest BCUT2D eigenvalue weighted by molar-refractivity contribution is 6.30. The van der Waals surface area contributed by atoms with E-state index in [1.807, 2.05) is 43.3 Å². The maximum Gasteiger partial charge on any atom is 0.227 e. The number of hydrogen-bond donors (Lipinski definition) is 1. The van der Waals surface area contributed by atoms with Crippen LogP contribution in [0.25, 0.3) is 11.4 Å². The van der Waals surface area contributed by atoms with Gasteiger partial charge in [0.2, 0.25) is 17.6 Å². The van der Waals surface area contributed by atoms with Crippen molar-refractivity contribution in [3.05, 3.63) is 65.0 Å². The molecule has 24 heavy (non-hydrogen) atoms. The summed E-state index contributed by atoms with van der Waals surface area (Å²) in [7, 11) is 0. The molecule has 1 heterocycles. The summed E-state index contributed by atoms with van der Waals surface area (Å²) in [6, 6.07) is 14.8. The SMILES string of the molecule is Cc1cccc(NC(=O)CCc2nc(-c3ccc(Cl)cc3)no2)c1. The molecule has 0 fully saturated rings. The van der Waals surface area contributed by atoms with Crippen molar-refractivity contribution in [3.63, 3.8) is 0 Å². The molecule has 1 amide bonds. The van der Waals surface area contributed by atoms with Gasteiger partial charge < -0.3 is 9.84 Å². The van der Waals surface area contributed by atoms with E-state index in [2.05, 4.69) is 15.5 Å². The predicted octanol–water partition coefficient (Wildman–Crippen LogP) is 4.27. The van der Waals surface area contributed by atoms with Gasteiger partial charge in [0.1, 0.15) is 0 Å². The third-order valence-corrected chi connectivity index (χ3v) is 3.69. The number of aryl methyl sites for hydroxylation is 2. The van der Waals surface area contributed by atoms with E-state index in [1.54, 1.807) is 12.1 Å². The van der Waals surface area contributed by atoms with Gasteiger partial charge >= 0.3 is 0 Å². The Balaban J connectivity index is 1.57. The van der Waals surface area contributed by atoms with E-state index in [9.17, 15) is 4.79 Å². The van der Waals surface area contributed by atoms with E-state index in [4.69, 9.17) is 16.1 Å². The number of carbonyl (C=O) groups excluding carboxylic acids is 1. The summed E-state index contributed by atoms with van der Waals surface area (Å²) in [6.45, 7) is 1.98. The lowest BCUT2D eigenvalue weighted by Gasteiger charge is -2.04. The number of carbonyl (C=O) groups is 1. The van der Waals surface area contributed by atoms with Crippen molar-refractivity contribution in [1.29, 1.82) is 0 Å². The van der Waals surface area contributed by atoms with Gasteiger partial charge in [-0.3, -0.25) is 4.79 Å². The van der Waals surface area contributed by atoms with Gasteiger partial charge in [0.25, 0.3) is 0 Å². The number of nitrogens with zero attached hydrogens (tertiary/aromatic N) is 2. The van der Waals surface area contributed by atoms with Crippen molar-refractivity contribution in [2.75, 3.05) is 5.32 Å². The van der Waals surface area contributed by atoms with E-state index in [0.717, 1.165) is 16.8 Å². The first-order valence-corrected chi connectivity index (χ1v) is 7.93. The first kappa shape index (κ1) is 16.2. The highest BCUT2D eigenvalue weighted by Crippen LogP contribution is 2.19. The van der Waals surface area contributed by atoms with Crippen molar-refractivity contribution in [2.24, 2.45) is 0 Å². The van der Waals surface area contributed by atoms with Gasteiger partial charge in [-0.05, 0) is 48.9 Å². The fourth-order valence-electron chi connectivity index (χ4n) is 2.24. The number of nitrogens with one attached hydrogen (secondary N) is 1. The van der Waals surface area contributed by atoms with Crippen LogP contribution < -0.4 is 5.32 Å². The van der Waals surface area contributed by atoms with E-state index < -0.39 is 0 Å². The predicted molar refractivity (Wildman–Crippen MR) is 92.9 cm³/mol. The monoisotopic (exact) mass is 341 g/mol. The molecule has 0 radical (unpaired) electrons. The molecule has 0 aliphatic rings. The van der Waals surface area contributed by atoms with Crippen LogP contribution in [0.1, 0.15) is 17.9 Å². The van der Waals surface area contributed by atoms with Crippen LogP contribution in [-0.4, -0.2) is 16.0 Å². The smallest absolute Gasteiger partial charge is 0.227 e. The second kappa shape index (κ2) is 7.27. The summed E-state index contributed by atoms with van der Waals surface area (Å²) in [6.07, 6.45) is 0.661. The molecule has 0 spiro atoms. The number of hydrogen-bond acceptors (Lipinski definition) is 4. The van der Waals surface area contributed by atoms with Crippen molar-refractivity contribution in [2.45, 2.75) is 19.8 Å².